The molecule has 0 unspecified atom stereocenters. The van der Waals surface area contributed by atoms with Crippen LogP contribution in [0, 0.1) is 59.2 Å². The van der Waals surface area contributed by atoms with Crippen molar-refractivity contribution < 1.29 is 53.6 Å². The molecule has 1 aromatic heterocycles. The van der Waals surface area contributed by atoms with Crippen molar-refractivity contribution in [3.8, 4) is 0 Å². The predicted molar refractivity (Wildman–Crippen MR) is 364 cm³/mol. The van der Waals surface area contributed by atoms with Crippen LogP contribution in [0.3, 0.4) is 0 Å². The first-order valence-corrected chi connectivity index (χ1v) is 43.6. The molecule has 0 radical (unpaired) electrons. The van der Waals surface area contributed by atoms with Crippen molar-refractivity contribution in [3.05, 3.63) is 11.9 Å². The van der Waals surface area contributed by atoms with Gasteiger partial charge in [0, 0.05) is 59.7 Å². The molecule has 0 aromatic carbocycles. The molecular formula is C58H132N3O12P3S5. The molecule has 0 atom stereocenters. The van der Waals surface area contributed by atoms with E-state index in [4.69, 9.17) is 4.89 Å². The molecule has 0 saturated heterocycles. The van der Waals surface area contributed by atoms with E-state index in [1.807, 2.05) is 171 Å². The van der Waals surface area contributed by atoms with Gasteiger partial charge in [0.2, 0.25) is 14.7 Å². The van der Waals surface area contributed by atoms with Gasteiger partial charge in [-0.15, -0.1) is 5.10 Å². The summed E-state index contributed by atoms with van der Waals surface area (Å²) >= 11 is 0. The van der Waals surface area contributed by atoms with Crippen molar-refractivity contribution >= 4 is 73.2 Å². The van der Waals surface area contributed by atoms with Gasteiger partial charge in [0.05, 0.1) is 40.2 Å². The molecule has 0 spiro atoms. The molecule has 0 aliphatic carbocycles. The van der Waals surface area contributed by atoms with Gasteiger partial charge in [0.15, 0.2) is 36.9 Å². The van der Waals surface area contributed by atoms with E-state index in [-0.39, 0.29) is 35.5 Å². The largest absolute Gasteiger partial charge is 0.344 e. The number of rotatable bonds is 27. The minimum absolute atomic E-state index is 0.249. The monoisotopic (exact) mass is 1320 g/mol. The molecule has 0 bridgehead atoms. The SMILES string of the molecule is CC(C)CP(=O)(O)CC(C)C.CC(C)CP(=O)(O)CC(C)C.CC(C)CS(=O)(=O)CC(C)C.CC(C)CS(=O)(=O)CC(C)C.CC(C)CS(=O)(=O)CC(C)C.CC(C)SSC(C)C.CC(C)c1cn(C(C)C)nn1.CCP(=O)(O)CC. The van der Waals surface area contributed by atoms with E-state index < -0.39 is 51.6 Å². The Morgan fingerprint density at radius 2 is 0.605 bits per heavy atom. The summed E-state index contributed by atoms with van der Waals surface area (Å²) in [6.45, 7) is 59.7. The summed E-state index contributed by atoms with van der Waals surface area (Å²) in [5.74, 6) is 5.21. The third-order valence-electron chi connectivity index (χ3n) is 9.20. The Morgan fingerprint density at radius 3 is 0.704 bits per heavy atom. The Kier molecular flexibility index (Phi) is 57.6. The molecule has 1 rings (SSSR count). The first-order valence-electron chi connectivity index (χ1n) is 29.8. The maximum atomic E-state index is 11.4. The Balaban J connectivity index is -0.000000155. The van der Waals surface area contributed by atoms with Gasteiger partial charge in [-0.1, -0.05) is 221 Å². The third-order valence-corrected chi connectivity index (χ3v) is 27.0. The normalized spacial score (nSPS) is 12.5. The molecule has 496 valence electrons. The van der Waals surface area contributed by atoms with Crippen LogP contribution in [0.25, 0.3) is 0 Å². The maximum absolute atomic E-state index is 11.4. The van der Waals surface area contributed by atoms with E-state index in [1.165, 1.54) is 0 Å². The van der Waals surface area contributed by atoms with Crippen LogP contribution in [0.15, 0.2) is 6.20 Å². The van der Waals surface area contributed by atoms with Crippen LogP contribution in [0.2, 0.25) is 0 Å². The van der Waals surface area contributed by atoms with E-state index in [2.05, 4.69) is 65.7 Å². The second kappa shape index (κ2) is 49.2. The molecule has 0 saturated carbocycles. The summed E-state index contributed by atoms with van der Waals surface area (Å²) in [6, 6.07) is 0.412. The number of hydrogen-bond donors (Lipinski definition) is 3. The summed E-state index contributed by atoms with van der Waals surface area (Å²) in [7, 11) is -12.7. The molecule has 3 N–H and O–H groups in total. The summed E-state index contributed by atoms with van der Waals surface area (Å²) < 4.78 is 103. The Morgan fingerprint density at radius 1 is 0.395 bits per heavy atom. The van der Waals surface area contributed by atoms with Gasteiger partial charge < -0.3 is 14.7 Å². The van der Waals surface area contributed by atoms with Crippen LogP contribution in [0.5, 0.6) is 0 Å². The maximum Gasteiger partial charge on any atom is 0.201 e. The topological polar surface area (TPSA) is 245 Å². The van der Waals surface area contributed by atoms with E-state index in [0.717, 1.165) is 16.2 Å². The van der Waals surface area contributed by atoms with E-state index in [9.17, 15) is 48.7 Å². The minimum atomic E-state index is -2.80. The fourth-order valence-corrected chi connectivity index (χ4v) is 20.5. The highest BCUT2D eigenvalue weighted by atomic mass is 33.1. The predicted octanol–water partition coefficient (Wildman–Crippen LogP) is 16.7. The van der Waals surface area contributed by atoms with E-state index in [1.54, 1.807) is 13.8 Å². The number of hydrogen-bond acceptors (Lipinski definition) is 13. The van der Waals surface area contributed by atoms with Gasteiger partial charge in [-0.05, 0) is 78.9 Å². The van der Waals surface area contributed by atoms with Gasteiger partial charge in [-0.2, -0.15) is 0 Å². The van der Waals surface area contributed by atoms with Gasteiger partial charge in [0.25, 0.3) is 0 Å². The standard InChI is InChI=1S/C8H15N3.2C8H19O2P.3C8H18O2S.C6H14S2.C4H11O2P/c1-6(2)8-5-11(7(3)4)10-9-8;5*1-7(2)5-11(9,10)6-8(3)4;1-5(2)7-8-6(3)4;1-3-7(5,6)4-2/h5-7H,1-4H3;2*7-8H,5-6H2,1-4H3,(H,9,10);3*7-8H,5-6H2,1-4H3;5-6H,1-4H3;3-4H2,1-2H3,(H,5,6). The first kappa shape index (κ1) is 94.9. The summed E-state index contributed by atoms with van der Waals surface area (Å²) in [5.41, 5.74) is 1.07. The van der Waals surface area contributed by atoms with Crippen LogP contribution in [-0.2, 0) is 43.2 Å². The minimum Gasteiger partial charge on any atom is -0.344 e. The molecule has 15 nitrogen and oxygen atoms in total. The van der Waals surface area contributed by atoms with Crippen molar-refractivity contribution in [2.75, 3.05) is 71.5 Å². The van der Waals surface area contributed by atoms with Gasteiger partial charge in [0.1, 0.15) is 0 Å². The highest BCUT2D eigenvalue weighted by molar-refractivity contribution is 8.77. The molecule has 81 heavy (non-hydrogen) atoms. The van der Waals surface area contributed by atoms with Crippen molar-refractivity contribution in [3.63, 3.8) is 0 Å². The summed E-state index contributed by atoms with van der Waals surface area (Å²) in [6.07, 6.45) is 4.68. The third kappa shape index (κ3) is 80.3. The van der Waals surface area contributed by atoms with Crippen LogP contribution in [0.4, 0.5) is 0 Å². The Bertz CT molecular complexity index is 1880. The van der Waals surface area contributed by atoms with Crippen LogP contribution in [0.1, 0.15) is 225 Å². The number of sulfone groups is 3. The van der Waals surface area contributed by atoms with Gasteiger partial charge in [-0.25, -0.2) is 29.9 Å². The molecule has 0 aliphatic heterocycles. The lowest BCUT2D eigenvalue weighted by Gasteiger charge is -2.15. The average Bonchev–Trinajstić information content (AvgIpc) is 3.69. The van der Waals surface area contributed by atoms with Crippen molar-refractivity contribution in [2.24, 2.45) is 59.2 Å². The fourth-order valence-electron chi connectivity index (χ4n) is 6.94. The smallest absolute Gasteiger partial charge is 0.201 e. The van der Waals surface area contributed by atoms with Crippen LogP contribution >= 0.6 is 43.7 Å². The molecule has 0 amide bonds. The quantitative estimate of drug-likeness (QED) is 0.0547. The molecule has 0 fully saturated rings. The lowest BCUT2D eigenvalue weighted by Crippen LogP contribution is -2.18. The van der Waals surface area contributed by atoms with E-state index >= 15 is 0 Å². The zero-order valence-corrected chi connectivity index (χ0v) is 64.2. The number of aromatic nitrogens is 3. The van der Waals surface area contributed by atoms with Crippen molar-refractivity contribution in [1.82, 2.24) is 15.0 Å². The second-order valence-corrected chi connectivity index (χ2v) is 44.4. The first-order chi connectivity index (χ1) is 36.0. The lowest BCUT2D eigenvalue weighted by atomic mass is 10.2. The van der Waals surface area contributed by atoms with Crippen LogP contribution < -0.4 is 0 Å². The molecule has 1 heterocycles. The van der Waals surface area contributed by atoms with Crippen molar-refractivity contribution in [2.45, 2.75) is 230 Å². The van der Waals surface area contributed by atoms with Gasteiger partial charge >= 0.3 is 0 Å². The van der Waals surface area contributed by atoms with Gasteiger partial charge in [-0.3, -0.25) is 13.7 Å². The zero-order valence-electron chi connectivity index (χ0n) is 57.4. The fraction of sp³-hybridized carbons (Fsp3) is 0.966. The molecule has 1 aromatic rings. The summed E-state index contributed by atoms with van der Waals surface area (Å²) in [4.78, 5) is 27.5. The Labute approximate surface area is 511 Å². The average molecular weight is 1320 g/mol. The van der Waals surface area contributed by atoms with Crippen molar-refractivity contribution in [1.29, 1.82) is 0 Å². The molecular weight excluding hydrogens is 1180 g/mol. The van der Waals surface area contributed by atoms with Crippen LogP contribution in [-0.4, -0.2) is 137 Å². The van der Waals surface area contributed by atoms with E-state index in [0.29, 0.717) is 107 Å². The molecule has 23 heteroatoms. The zero-order chi connectivity index (χ0) is 66.3. The number of nitrogens with zero attached hydrogens (tertiary/aromatic N) is 3. The summed E-state index contributed by atoms with van der Waals surface area (Å²) in [5, 5.41) is 9.59. The lowest BCUT2D eigenvalue weighted by molar-refractivity contribution is 0.458. The molecule has 0 aliphatic rings. The highest BCUT2D eigenvalue weighted by Gasteiger charge is 2.22. The second-order valence-electron chi connectivity index (χ2n) is 26.7. The Hall–Kier alpha value is 0.260. The highest BCUT2D eigenvalue weighted by Crippen LogP contribution is 2.45.